The zero-order chi connectivity index (χ0) is 11.6. The van der Waals surface area contributed by atoms with E-state index in [1.807, 2.05) is 0 Å². The molecule has 0 saturated carbocycles. The number of nitrogens with one attached hydrogen (secondary N) is 1. The third-order valence-corrected chi connectivity index (χ3v) is 3.21. The lowest BCUT2D eigenvalue weighted by Gasteiger charge is -2.29. The van der Waals surface area contributed by atoms with Gasteiger partial charge in [-0.2, -0.15) is 0 Å². The van der Waals surface area contributed by atoms with Crippen molar-refractivity contribution in [2.75, 3.05) is 52.5 Å². The first-order chi connectivity index (χ1) is 7.86. The molecule has 0 aliphatic carbocycles. The number of nitrogens with zero attached hydrogens (tertiary/aromatic N) is 1. The van der Waals surface area contributed by atoms with Gasteiger partial charge in [-0.1, -0.05) is 6.92 Å². The first-order valence-corrected chi connectivity index (χ1v) is 6.48. The largest absolute Gasteiger partial charge is 0.394 e. The highest BCUT2D eigenvalue weighted by molar-refractivity contribution is 4.72. The molecule has 0 aromatic heterocycles. The summed E-state index contributed by atoms with van der Waals surface area (Å²) in [5, 5.41) is 12.0. The number of hydrogen-bond acceptors (Lipinski definition) is 4. The van der Waals surface area contributed by atoms with Crippen LogP contribution in [0.5, 0.6) is 0 Å². The Morgan fingerprint density at radius 2 is 2.06 bits per heavy atom. The molecule has 0 aromatic rings. The maximum absolute atomic E-state index is 8.60. The Morgan fingerprint density at radius 1 is 1.31 bits per heavy atom. The molecule has 16 heavy (non-hydrogen) atoms. The smallest absolute Gasteiger partial charge is 0.0698 e. The predicted octanol–water partition coefficient (Wildman–Crippen LogP) is 0.317. The zero-order valence-corrected chi connectivity index (χ0v) is 10.5. The van der Waals surface area contributed by atoms with E-state index in [9.17, 15) is 0 Å². The molecule has 0 spiro atoms. The minimum Gasteiger partial charge on any atom is -0.394 e. The van der Waals surface area contributed by atoms with E-state index in [1.165, 1.54) is 32.5 Å². The molecular formula is C12H26N2O2. The van der Waals surface area contributed by atoms with Gasteiger partial charge in [0.1, 0.15) is 0 Å². The van der Waals surface area contributed by atoms with Gasteiger partial charge in [-0.15, -0.1) is 0 Å². The Hall–Kier alpha value is -0.160. The lowest BCUT2D eigenvalue weighted by atomic mass is 9.97. The molecule has 1 aliphatic heterocycles. The van der Waals surface area contributed by atoms with Crippen molar-refractivity contribution in [3.8, 4) is 0 Å². The number of rotatable bonds is 8. The van der Waals surface area contributed by atoms with E-state index < -0.39 is 0 Å². The highest BCUT2D eigenvalue weighted by Gasteiger charge is 2.15. The van der Waals surface area contributed by atoms with E-state index in [4.69, 9.17) is 9.84 Å². The average molecular weight is 230 g/mol. The number of aliphatic hydroxyl groups excluding tert-OH is 1. The molecule has 2 N–H and O–H groups in total. The molecule has 96 valence electrons. The van der Waals surface area contributed by atoms with Crippen LogP contribution in [0.4, 0.5) is 0 Å². The van der Waals surface area contributed by atoms with Crippen molar-refractivity contribution >= 4 is 0 Å². The van der Waals surface area contributed by atoms with E-state index in [0.29, 0.717) is 6.61 Å². The molecule has 1 saturated heterocycles. The highest BCUT2D eigenvalue weighted by atomic mass is 16.5. The third-order valence-electron chi connectivity index (χ3n) is 3.21. The van der Waals surface area contributed by atoms with Crippen LogP contribution in [0.2, 0.25) is 0 Å². The van der Waals surface area contributed by atoms with Crippen molar-refractivity contribution in [1.82, 2.24) is 10.2 Å². The Labute approximate surface area is 99.0 Å². The highest BCUT2D eigenvalue weighted by Crippen LogP contribution is 2.13. The number of ether oxygens (including phenoxy) is 1. The minimum absolute atomic E-state index is 0.125. The van der Waals surface area contributed by atoms with Crippen LogP contribution < -0.4 is 5.32 Å². The SMILES string of the molecule is CCN(CCOCCO)CC1CCNCC1. The van der Waals surface area contributed by atoms with Crippen LogP contribution in [0.25, 0.3) is 0 Å². The normalized spacial score (nSPS) is 18.2. The fourth-order valence-electron chi connectivity index (χ4n) is 2.17. The molecule has 1 rings (SSSR count). The molecule has 4 heteroatoms. The van der Waals surface area contributed by atoms with Gasteiger partial charge >= 0.3 is 0 Å². The van der Waals surface area contributed by atoms with Crippen LogP contribution in [-0.4, -0.2) is 62.6 Å². The topological polar surface area (TPSA) is 44.7 Å². The summed E-state index contributed by atoms with van der Waals surface area (Å²) in [6.07, 6.45) is 2.60. The molecule has 0 bridgehead atoms. The second-order valence-corrected chi connectivity index (χ2v) is 4.42. The van der Waals surface area contributed by atoms with Crippen molar-refractivity contribution in [3.63, 3.8) is 0 Å². The number of hydrogen-bond donors (Lipinski definition) is 2. The summed E-state index contributed by atoms with van der Waals surface area (Å²) in [6.45, 7) is 9.14. The van der Waals surface area contributed by atoms with Crippen LogP contribution in [0.3, 0.4) is 0 Å². The summed E-state index contributed by atoms with van der Waals surface area (Å²) >= 11 is 0. The van der Waals surface area contributed by atoms with Gasteiger partial charge in [-0.25, -0.2) is 0 Å². The van der Waals surface area contributed by atoms with Crippen molar-refractivity contribution in [1.29, 1.82) is 0 Å². The molecule has 1 fully saturated rings. The van der Waals surface area contributed by atoms with Crippen LogP contribution in [0, 0.1) is 5.92 Å². The average Bonchev–Trinajstić information content (AvgIpc) is 2.34. The van der Waals surface area contributed by atoms with Gasteiger partial charge < -0.3 is 20.1 Å². The van der Waals surface area contributed by atoms with Gasteiger partial charge in [-0.05, 0) is 38.4 Å². The molecular weight excluding hydrogens is 204 g/mol. The molecule has 1 heterocycles. The van der Waals surface area contributed by atoms with Gasteiger partial charge in [0.05, 0.1) is 19.8 Å². The first kappa shape index (κ1) is 13.9. The lowest BCUT2D eigenvalue weighted by Crippen LogP contribution is -2.37. The standard InChI is InChI=1S/C12H26N2O2/c1-2-14(7-9-16-10-8-15)11-12-3-5-13-6-4-12/h12-13,15H,2-11H2,1H3. The van der Waals surface area contributed by atoms with E-state index in [0.717, 1.165) is 25.6 Å². The molecule has 0 radical (unpaired) electrons. The summed E-state index contributed by atoms with van der Waals surface area (Å²) in [6, 6.07) is 0. The van der Waals surface area contributed by atoms with E-state index >= 15 is 0 Å². The maximum Gasteiger partial charge on any atom is 0.0698 e. The number of likely N-dealkylation sites (N-methyl/N-ethyl adjacent to an activating group) is 1. The summed E-state index contributed by atoms with van der Waals surface area (Å²) in [5.74, 6) is 0.846. The predicted molar refractivity (Wildman–Crippen MR) is 65.6 cm³/mol. The van der Waals surface area contributed by atoms with E-state index in [1.54, 1.807) is 0 Å². The minimum atomic E-state index is 0.125. The van der Waals surface area contributed by atoms with E-state index in [-0.39, 0.29) is 6.61 Å². The van der Waals surface area contributed by atoms with Crippen molar-refractivity contribution in [2.24, 2.45) is 5.92 Å². The molecule has 1 aliphatic rings. The summed E-state index contributed by atoms with van der Waals surface area (Å²) in [4.78, 5) is 2.45. The van der Waals surface area contributed by atoms with Crippen molar-refractivity contribution in [2.45, 2.75) is 19.8 Å². The van der Waals surface area contributed by atoms with Crippen molar-refractivity contribution < 1.29 is 9.84 Å². The molecule has 4 nitrogen and oxygen atoms in total. The number of aliphatic hydroxyl groups is 1. The van der Waals surface area contributed by atoms with Crippen LogP contribution in [-0.2, 0) is 4.74 Å². The third kappa shape index (κ3) is 5.80. The molecule has 0 unspecified atom stereocenters. The second-order valence-electron chi connectivity index (χ2n) is 4.42. The molecule has 0 amide bonds. The number of piperidine rings is 1. The van der Waals surface area contributed by atoms with Crippen LogP contribution in [0.15, 0.2) is 0 Å². The summed E-state index contributed by atoms with van der Waals surface area (Å²) in [5.41, 5.74) is 0. The molecule has 0 atom stereocenters. The van der Waals surface area contributed by atoms with Gasteiger partial charge in [0.15, 0.2) is 0 Å². The van der Waals surface area contributed by atoms with Crippen molar-refractivity contribution in [3.05, 3.63) is 0 Å². The van der Waals surface area contributed by atoms with Gasteiger partial charge in [-0.3, -0.25) is 0 Å². The van der Waals surface area contributed by atoms with Gasteiger partial charge in [0.2, 0.25) is 0 Å². The Kier molecular flexibility index (Phi) is 7.76. The Bertz CT molecular complexity index is 161. The molecule has 0 aromatic carbocycles. The summed E-state index contributed by atoms with van der Waals surface area (Å²) in [7, 11) is 0. The van der Waals surface area contributed by atoms with Crippen LogP contribution >= 0.6 is 0 Å². The monoisotopic (exact) mass is 230 g/mol. The fraction of sp³-hybridized carbons (Fsp3) is 1.00. The lowest BCUT2D eigenvalue weighted by molar-refractivity contribution is 0.0699. The first-order valence-electron chi connectivity index (χ1n) is 6.48. The second kappa shape index (κ2) is 8.93. The van der Waals surface area contributed by atoms with Gasteiger partial charge in [0, 0.05) is 13.1 Å². The quantitative estimate of drug-likeness (QED) is 0.589. The fourth-order valence-corrected chi connectivity index (χ4v) is 2.17. The zero-order valence-electron chi connectivity index (χ0n) is 10.5. The summed E-state index contributed by atoms with van der Waals surface area (Å²) < 4.78 is 5.30. The van der Waals surface area contributed by atoms with Crippen LogP contribution in [0.1, 0.15) is 19.8 Å². The Morgan fingerprint density at radius 3 is 2.69 bits per heavy atom. The Balaban J connectivity index is 2.09. The van der Waals surface area contributed by atoms with Gasteiger partial charge in [0.25, 0.3) is 0 Å². The maximum atomic E-state index is 8.60. The van der Waals surface area contributed by atoms with E-state index in [2.05, 4.69) is 17.1 Å².